The molecule has 0 spiro atoms. The minimum absolute atomic E-state index is 0.449. The Bertz CT molecular complexity index is 2560. The Labute approximate surface area is 677 Å². The van der Waals surface area contributed by atoms with Crippen molar-refractivity contribution in [3.63, 3.8) is 0 Å². The largest absolute Gasteiger partial charge is 0.464 e. The maximum Gasteiger partial charge on any atom is 0.318 e. The maximum atomic E-state index is 14.2. The summed E-state index contributed by atoms with van der Waals surface area (Å²) >= 11 is 0. The molecule has 0 bridgehead atoms. The van der Waals surface area contributed by atoms with Crippen LogP contribution in [-0.4, -0.2) is 384 Å². The van der Waals surface area contributed by atoms with Gasteiger partial charge < -0.3 is 153 Å². The fourth-order valence-corrected chi connectivity index (χ4v) is 8.55. The molecule has 0 amide bonds. The molecule has 0 saturated carbocycles. The molecule has 0 saturated heterocycles. The van der Waals surface area contributed by atoms with Crippen molar-refractivity contribution >= 4 is 71.4 Å². The number of hydrogen-bond donors (Lipinski definition) is 16. The van der Waals surface area contributed by atoms with E-state index in [1.54, 1.807) is 0 Å². The lowest BCUT2D eigenvalue weighted by Gasteiger charge is -2.33. The number of aliphatic hydroxyl groups is 16. The van der Waals surface area contributed by atoms with Gasteiger partial charge in [0.25, 0.3) is 0 Å². The Morgan fingerprint density at radius 2 is 0.325 bits per heavy atom. The molecule has 0 fully saturated rings. The number of rotatable bonds is 65. The topological polar surface area (TPSA) is 667 Å². The summed E-state index contributed by atoms with van der Waals surface area (Å²) in [5.41, 5.74) is -25.1. The van der Waals surface area contributed by atoms with E-state index in [9.17, 15) is 139 Å². The molecule has 0 aromatic heterocycles. The highest BCUT2D eigenvalue weighted by molar-refractivity contribution is 5.87. The van der Waals surface area contributed by atoms with Crippen molar-refractivity contribution in [2.75, 3.05) is 231 Å². The lowest BCUT2D eigenvalue weighted by Crippen LogP contribution is -2.46. The zero-order valence-corrected chi connectivity index (χ0v) is 68.8. The first-order valence-electron chi connectivity index (χ1n) is 37.0. The van der Waals surface area contributed by atoms with Gasteiger partial charge in [-0.2, -0.15) is 0 Å². The third-order valence-electron chi connectivity index (χ3n) is 19.7. The first-order chi connectivity index (χ1) is 54.5. The summed E-state index contributed by atoms with van der Waals surface area (Å²) in [5.74, 6) is -14.0. The third-order valence-corrected chi connectivity index (χ3v) is 19.7. The second kappa shape index (κ2) is 50.3. The smallest absolute Gasteiger partial charge is 0.318 e. The van der Waals surface area contributed by atoms with Crippen molar-refractivity contribution in [2.24, 2.45) is 70.4 Å². The Hall–Kier alpha value is -6.96. The second-order valence-corrected chi connectivity index (χ2v) is 32.5. The van der Waals surface area contributed by atoms with E-state index in [4.69, 9.17) is 71.1 Å². The summed E-state index contributed by atoms with van der Waals surface area (Å²) in [4.78, 5) is 162. The molecule has 1 unspecified atom stereocenters. The van der Waals surface area contributed by atoms with E-state index in [0.29, 0.717) is 0 Å². The summed E-state index contributed by atoms with van der Waals surface area (Å²) in [5, 5.41) is 158. The van der Waals surface area contributed by atoms with E-state index >= 15 is 0 Å². The minimum Gasteiger partial charge on any atom is -0.464 e. The van der Waals surface area contributed by atoms with Crippen LogP contribution in [-0.2, 0) is 129 Å². The van der Waals surface area contributed by atoms with Crippen LogP contribution in [0.1, 0.15) is 95.9 Å². The van der Waals surface area contributed by atoms with Gasteiger partial charge in [0, 0.05) is 6.42 Å². The highest BCUT2D eigenvalue weighted by Gasteiger charge is 2.49. The molecule has 0 aliphatic heterocycles. The summed E-state index contributed by atoms with van der Waals surface area (Å²) in [7, 11) is 0. The van der Waals surface area contributed by atoms with Crippen molar-refractivity contribution in [1.29, 1.82) is 0 Å². The van der Waals surface area contributed by atoms with Crippen LogP contribution in [0.5, 0.6) is 0 Å². The van der Waals surface area contributed by atoms with Gasteiger partial charge in [-0.05, 0) is 89.5 Å². The lowest BCUT2D eigenvalue weighted by molar-refractivity contribution is -0.182. The van der Waals surface area contributed by atoms with Crippen LogP contribution in [0.15, 0.2) is 0 Å². The van der Waals surface area contributed by atoms with Gasteiger partial charge in [-0.3, -0.25) is 57.5 Å². The maximum absolute atomic E-state index is 14.2. The summed E-state index contributed by atoms with van der Waals surface area (Å²) < 4.78 is 83.7. The van der Waals surface area contributed by atoms with Crippen LogP contribution in [0, 0.1) is 70.4 Å². The van der Waals surface area contributed by atoms with Crippen molar-refractivity contribution in [2.45, 2.75) is 95.9 Å². The molecule has 1 atom stereocenters. The van der Waals surface area contributed by atoms with Crippen molar-refractivity contribution in [3.8, 4) is 0 Å². The molecule has 43 heteroatoms. The number of ketones is 1. The second-order valence-electron chi connectivity index (χ2n) is 32.5. The molecule has 0 radical (unpaired) electrons. The molecular weight excluding hydrogens is 1580 g/mol. The number of aliphatic hydroxyl groups excluding tert-OH is 16. The summed E-state index contributed by atoms with van der Waals surface area (Å²) in [6.45, 7) is -15.0. The van der Waals surface area contributed by atoms with E-state index in [-0.39, 0.29) is 0 Å². The normalized spacial score (nSPS) is 13.5. The Kier molecular flexibility index (Phi) is 47.3. The van der Waals surface area contributed by atoms with Gasteiger partial charge in [0.2, 0.25) is 0 Å². The molecule has 117 heavy (non-hydrogen) atoms. The number of carbonyl (C=O) groups is 12. The Morgan fingerprint density at radius 3 is 0.487 bits per heavy atom. The van der Waals surface area contributed by atoms with Crippen LogP contribution in [0.4, 0.5) is 0 Å². The fraction of sp³-hybridized carbons (Fsp3) is 0.838. The van der Waals surface area contributed by atoms with Crippen molar-refractivity contribution in [1.82, 2.24) is 0 Å². The molecule has 43 nitrogen and oxygen atoms in total. The molecule has 0 aromatic rings. The van der Waals surface area contributed by atoms with Gasteiger partial charge in [0.1, 0.15) is 133 Å². The first-order valence-corrected chi connectivity index (χ1v) is 37.0. The molecule has 16 N–H and O–H groups in total. The molecular formula is C74H126O43. The number of Topliss-reactive ketones (excluding diaryl/α,β-unsaturated/α-hetero) is 1. The highest BCUT2D eigenvalue weighted by Crippen LogP contribution is 2.34. The molecule has 0 aromatic carbocycles. The fourth-order valence-electron chi connectivity index (χ4n) is 8.55. The van der Waals surface area contributed by atoms with Gasteiger partial charge in [-0.25, -0.2) is 0 Å². The average Bonchev–Trinajstić information content (AvgIpc) is 0.833. The Balaban J connectivity index is 8.18. The van der Waals surface area contributed by atoms with Gasteiger partial charge in [-0.15, -0.1) is 0 Å². The monoisotopic (exact) mass is 1700 g/mol. The third kappa shape index (κ3) is 32.2. The zero-order valence-electron chi connectivity index (χ0n) is 68.8. The molecule has 680 valence electrons. The van der Waals surface area contributed by atoms with E-state index in [1.807, 2.05) is 0 Å². The first kappa shape index (κ1) is 110. The molecule has 0 aliphatic carbocycles. The van der Waals surface area contributed by atoms with Gasteiger partial charge in [0.05, 0.1) is 175 Å². The average molecular weight is 1700 g/mol. The highest BCUT2D eigenvalue weighted by atomic mass is 16.6. The predicted octanol–water partition coefficient (Wildman–Crippen LogP) is -6.68. The number of ether oxygens (including phenoxy) is 15. The summed E-state index contributed by atoms with van der Waals surface area (Å²) in [6, 6.07) is 0. The number of carbonyl (C=O) groups excluding carboxylic acids is 12. The van der Waals surface area contributed by atoms with E-state index in [2.05, 4.69) is 0 Å². The van der Waals surface area contributed by atoms with Gasteiger partial charge in [0.15, 0.2) is 0 Å². The van der Waals surface area contributed by atoms with Gasteiger partial charge in [-0.1, -0.05) is 0 Å². The van der Waals surface area contributed by atoms with E-state index in [1.165, 1.54) is 13.8 Å². The minimum atomic E-state index is -2.13. The predicted molar refractivity (Wildman–Crippen MR) is 391 cm³/mol. The van der Waals surface area contributed by atoms with E-state index < -0.39 is 386 Å². The van der Waals surface area contributed by atoms with Crippen molar-refractivity contribution in [3.05, 3.63) is 0 Å². The van der Waals surface area contributed by atoms with Crippen LogP contribution in [0.2, 0.25) is 0 Å². The number of hydrogen-bond acceptors (Lipinski definition) is 43. The standard InChI is InChI=1S/C74H126O43/c1-62(14-13-50(91)63(2,23-75)24-76,39-111-52(93)64(3,25-77)26-78)51(92)107-19-15-103-46-74(47-104-16-20-108-59(100)71(10,40-112-53(94)65(4,27-79)28-80)41-113-54(95)66(5,29-81)30-82,48-105-17-21-109-60(101)72(11,42-114-55(96)67(6,31-83)32-84)43-115-56(97)68(7,33-85)34-86)49-106-18-22-110-61(102)73(12,44-116-57(98)69(8,35-87)36-88)45-117-58(99)70(9,37-89)38-90/h75-90H,13-49H2,1-12H3. The van der Waals surface area contributed by atoms with Crippen LogP contribution in [0.25, 0.3) is 0 Å². The molecule has 0 aliphatic rings. The quantitative estimate of drug-likeness (QED) is 0.0153. The van der Waals surface area contributed by atoms with Crippen LogP contribution < -0.4 is 0 Å². The Morgan fingerprint density at radius 1 is 0.179 bits per heavy atom. The lowest BCUT2D eigenvalue weighted by atomic mass is 9.79. The van der Waals surface area contributed by atoms with Crippen molar-refractivity contribution < 1.29 is 210 Å². The zero-order chi connectivity index (χ0) is 90.2. The SMILES string of the molecule is CC(CO)(CO)C(=O)CCC(C)(COC(=O)C(C)(CO)CO)C(=O)OCCOCC(COCCOC(=O)C(C)(COC(=O)C(C)(CO)CO)COC(=O)C(C)(CO)CO)(COCCOC(=O)C(C)(COC(=O)C(C)(CO)CO)COC(=O)C(C)(CO)CO)COCCOC(=O)C(C)(COC(=O)C(C)(CO)CO)COC(=O)C(C)(CO)CO. The molecule has 0 rings (SSSR count). The summed E-state index contributed by atoms with van der Waals surface area (Å²) in [6.07, 6.45) is -0.964. The van der Waals surface area contributed by atoms with E-state index in [0.717, 1.165) is 69.2 Å². The van der Waals surface area contributed by atoms with Crippen LogP contribution in [0.3, 0.4) is 0 Å². The van der Waals surface area contributed by atoms with Crippen LogP contribution >= 0.6 is 0 Å². The molecule has 0 heterocycles. The number of esters is 11. The van der Waals surface area contributed by atoms with Gasteiger partial charge >= 0.3 is 65.7 Å².